The van der Waals surface area contributed by atoms with E-state index in [1.54, 1.807) is 26.9 Å². The number of benzene rings is 1. The van der Waals surface area contributed by atoms with Gasteiger partial charge in [-0.3, -0.25) is 9.48 Å². The topological polar surface area (TPSA) is 77.6 Å². The minimum absolute atomic E-state index is 0.159. The standard InChI is InChI=1S/C23H20N6OS/c1-15-21-18(11-19(20-9-6-10-31-20)26-22(21)28(2)27-15)23(30)24-12-16-13-25-29(14-16)17-7-4-3-5-8-17/h3-11,13-14H,12H2,1-2H3,(H,24,30). The molecule has 5 rings (SSSR count). The number of pyridine rings is 1. The summed E-state index contributed by atoms with van der Waals surface area (Å²) in [5, 5.41) is 14.7. The number of amides is 1. The van der Waals surface area contributed by atoms with Crippen molar-refractivity contribution in [3.8, 4) is 16.3 Å². The fourth-order valence-corrected chi connectivity index (χ4v) is 4.31. The summed E-state index contributed by atoms with van der Waals surface area (Å²) in [6.07, 6.45) is 3.69. The van der Waals surface area contributed by atoms with Gasteiger partial charge in [0.25, 0.3) is 5.91 Å². The Kier molecular flexibility index (Phi) is 4.83. The summed E-state index contributed by atoms with van der Waals surface area (Å²) in [5.74, 6) is -0.159. The second kappa shape index (κ2) is 7.81. The number of hydrogen-bond donors (Lipinski definition) is 1. The molecule has 31 heavy (non-hydrogen) atoms. The van der Waals surface area contributed by atoms with E-state index in [9.17, 15) is 4.79 Å². The molecule has 0 saturated heterocycles. The Bertz CT molecular complexity index is 1370. The van der Waals surface area contributed by atoms with Crippen molar-refractivity contribution in [2.75, 3.05) is 0 Å². The Morgan fingerprint density at radius 3 is 2.77 bits per heavy atom. The zero-order valence-corrected chi connectivity index (χ0v) is 17.9. The number of fused-ring (bicyclic) bond motifs is 1. The quantitative estimate of drug-likeness (QED) is 0.457. The molecule has 4 aromatic heterocycles. The number of hydrogen-bond acceptors (Lipinski definition) is 5. The average molecular weight is 429 g/mol. The lowest BCUT2D eigenvalue weighted by Gasteiger charge is -2.08. The molecule has 0 atom stereocenters. The molecule has 8 heteroatoms. The van der Waals surface area contributed by atoms with Crippen LogP contribution in [0.5, 0.6) is 0 Å². The molecule has 1 N–H and O–H groups in total. The molecule has 0 aliphatic rings. The van der Waals surface area contributed by atoms with Crippen molar-refractivity contribution in [1.82, 2.24) is 29.9 Å². The maximum Gasteiger partial charge on any atom is 0.252 e. The number of nitrogens with zero attached hydrogens (tertiary/aromatic N) is 5. The molecule has 1 amide bonds. The van der Waals surface area contributed by atoms with Gasteiger partial charge in [-0.15, -0.1) is 11.3 Å². The van der Waals surface area contributed by atoms with Gasteiger partial charge in [0.2, 0.25) is 0 Å². The predicted octanol–water partition coefficient (Wildman–Crippen LogP) is 4.12. The van der Waals surface area contributed by atoms with Gasteiger partial charge in [-0.1, -0.05) is 24.3 Å². The van der Waals surface area contributed by atoms with Gasteiger partial charge < -0.3 is 5.32 Å². The van der Waals surface area contributed by atoms with E-state index in [2.05, 4.69) is 15.5 Å². The normalized spacial score (nSPS) is 11.2. The second-order valence-electron chi connectivity index (χ2n) is 7.25. The molecule has 0 unspecified atom stereocenters. The van der Waals surface area contributed by atoms with E-state index < -0.39 is 0 Å². The van der Waals surface area contributed by atoms with E-state index in [0.29, 0.717) is 17.8 Å². The van der Waals surface area contributed by atoms with Crippen molar-refractivity contribution < 1.29 is 4.79 Å². The van der Waals surface area contributed by atoms with Gasteiger partial charge in [-0.2, -0.15) is 10.2 Å². The third-order valence-corrected chi connectivity index (χ3v) is 5.99. The van der Waals surface area contributed by atoms with Gasteiger partial charge in [-0.05, 0) is 36.6 Å². The number of para-hydroxylation sites is 1. The van der Waals surface area contributed by atoms with Crippen LogP contribution in [0.25, 0.3) is 27.3 Å². The molecular weight excluding hydrogens is 408 g/mol. The molecular formula is C23H20N6OS. The molecule has 0 bridgehead atoms. The number of thiophene rings is 1. The molecule has 0 aliphatic heterocycles. The first-order valence-corrected chi connectivity index (χ1v) is 10.7. The van der Waals surface area contributed by atoms with Crippen molar-refractivity contribution in [2.45, 2.75) is 13.5 Å². The maximum absolute atomic E-state index is 13.2. The lowest BCUT2D eigenvalue weighted by molar-refractivity contribution is 0.0952. The number of rotatable bonds is 5. The van der Waals surface area contributed by atoms with Crippen LogP contribution in [0.3, 0.4) is 0 Å². The first-order valence-electron chi connectivity index (χ1n) is 9.85. The fourth-order valence-electron chi connectivity index (χ4n) is 3.63. The lowest BCUT2D eigenvalue weighted by atomic mass is 10.1. The number of carbonyl (C=O) groups excluding carboxylic acids is 1. The van der Waals surface area contributed by atoms with Gasteiger partial charge in [0.15, 0.2) is 5.65 Å². The minimum Gasteiger partial charge on any atom is -0.348 e. The molecule has 4 heterocycles. The highest BCUT2D eigenvalue weighted by Gasteiger charge is 2.19. The summed E-state index contributed by atoms with van der Waals surface area (Å²) in [6.45, 7) is 2.28. The van der Waals surface area contributed by atoms with Crippen LogP contribution in [0.15, 0.2) is 66.3 Å². The van der Waals surface area contributed by atoms with E-state index >= 15 is 0 Å². The zero-order chi connectivity index (χ0) is 21.4. The van der Waals surface area contributed by atoms with Crippen molar-refractivity contribution in [3.63, 3.8) is 0 Å². The fraction of sp³-hybridized carbons (Fsp3) is 0.130. The summed E-state index contributed by atoms with van der Waals surface area (Å²) in [7, 11) is 1.85. The van der Waals surface area contributed by atoms with Gasteiger partial charge in [0.05, 0.1) is 39.1 Å². The second-order valence-corrected chi connectivity index (χ2v) is 8.20. The lowest BCUT2D eigenvalue weighted by Crippen LogP contribution is -2.23. The molecule has 5 aromatic rings. The summed E-state index contributed by atoms with van der Waals surface area (Å²) in [5.41, 5.74) is 4.73. The molecule has 154 valence electrons. The molecule has 7 nitrogen and oxygen atoms in total. The third kappa shape index (κ3) is 3.62. The monoisotopic (exact) mass is 428 g/mol. The van der Waals surface area contributed by atoms with Crippen molar-refractivity contribution in [2.24, 2.45) is 7.05 Å². The Morgan fingerprint density at radius 2 is 2.00 bits per heavy atom. The van der Waals surface area contributed by atoms with E-state index in [0.717, 1.165) is 32.9 Å². The third-order valence-electron chi connectivity index (χ3n) is 5.10. The van der Waals surface area contributed by atoms with Gasteiger partial charge in [0.1, 0.15) is 0 Å². The van der Waals surface area contributed by atoms with Gasteiger partial charge in [-0.25, -0.2) is 9.67 Å². The highest BCUT2D eigenvalue weighted by atomic mass is 32.1. The van der Waals surface area contributed by atoms with Gasteiger partial charge >= 0.3 is 0 Å². The summed E-state index contributed by atoms with van der Waals surface area (Å²) in [4.78, 5) is 19.0. The van der Waals surface area contributed by atoms with Crippen LogP contribution in [0, 0.1) is 6.92 Å². The Hall–Kier alpha value is -3.78. The molecule has 0 spiro atoms. The molecule has 0 aliphatic carbocycles. The first kappa shape index (κ1) is 19.2. The van der Waals surface area contributed by atoms with Crippen LogP contribution in [0.2, 0.25) is 0 Å². The van der Waals surface area contributed by atoms with Crippen LogP contribution in [0.1, 0.15) is 21.6 Å². The summed E-state index contributed by atoms with van der Waals surface area (Å²) in [6, 6.07) is 15.7. The Labute approximate surface area is 183 Å². The number of aryl methyl sites for hydroxylation is 2. The smallest absolute Gasteiger partial charge is 0.252 e. The van der Waals surface area contributed by atoms with Crippen LogP contribution < -0.4 is 5.32 Å². The van der Waals surface area contributed by atoms with Crippen LogP contribution in [0.4, 0.5) is 0 Å². The van der Waals surface area contributed by atoms with Crippen LogP contribution in [-0.2, 0) is 13.6 Å². The zero-order valence-electron chi connectivity index (χ0n) is 17.1. The number of aromatic nitrogens is 5. The van der Waals surface area contributed by atoms with E-state index in [-0.39, 0.29) is 5.91 Å². The van der Waals surface area contributed by atoms with E-state index in [4.69, 9.17) is 4.98 Å². The van der Waals surface area contributed by atoms with E-state index in [1.165, 1.54) is 0 Å². The number of carbonyl (C=O) groups is 1. The summed E-state index contributed by atoms with van der Waals surface area (Å²) >= 11 is 1.59. The van der Waals surface area contributed by atoms with E-state index in [1.807, 2.05) is 74.1 Å². The molecule has 0 radical (unpaired) electrons. The van der Waals surface area contributed by atoms with Crippen LogP contribution in [-0.4, -0.2) is 30.5 Å². The largest absolute Gasteiger partial charge is 0.348 e. The molecule has 1 aromatic carbocycles. The SMILES string of the molecule is Cc1nn(C)c2nc(-c3cccs3)cc(C(=O)NCc3cnn(-c4ccccc4)c3)c12. The number of nitrogens with one attached hydrogen (secondary N) is 1. The molecule has 0 saturated carbocycles. The molecule has 0 fully saturated rings. The summed E-state index contributed by atoms with van der Waals surface area (Å²) < 4.78 is 3.52. The van der Waals surface area contributed by atoms with Crippen LogP contribution >= 0.6 is 11.3 Å². The minimum atomic E-state index is -0.159. The Morgan fingerprint density at radius 1 is 1.16 bits per heavy atom. The average Bonchev–Trinajstić information content (AvgIpc) is 3.54. The predicted molar refractivity (Wildman–Crippen MR) is 121 cm³/mol. The van der Waals surface area contributed by atoms with Gasteiger partial charge in [0, 0.05) is 25.4 Å². The van der Waals surface area contributed by atoms with Crippen molar-refractivity contribution in [3.05, 3.63) is 83.1 Å². The van der Waals surface area contributed by atoms with Crippen molar-refractivity contribution in [1.29, 1.82) is 0 Å². The maximum atomic E-state index is 13.2. The first-order chi connectivity index (χ1) is 15.1. The highest BCUT2D eigenvalue weighted by molar-refractivity contribution is 7.13. The van der Waals surface area contributed by atoms with Crippen molar-refractivity contribution >= 4 is 28.3 Å². The highest BCUT2D eigenvalue weighted by Crippen LogP contribution is 2.29. The Balaban J connectivity index is 1.44.